The fourth-order valence-electron chi connectivity index (χ4n) is 2.64. The van der Waals surface area contributed by atoms with E-state index in [1.54, 1.807) is 48.5 Å². The van der Waals surface area contributed by atoms with Gasteiger partial charge in [-0.3, -0.25) is 4.79 Å². The minimum Gasteiger partial charge on any atom is -0.481 e. The first kappa shape index (κ1) is 18.0. The summed E-state index contributed by atoms with van der Waals surface area (Å²) >= 11 is 12.2. The van der Waals surface area contributed by atoms with Crippen molar-refractivity contribution in [1.82, 2.24) is 9.78 Å². The summed E-state index contributed by atoms with van der Waals surface area (Å²) in [6.45, 7) is 0. The maximum atomic E-state index is 11.6. The number of carboxylic acid groups (broad SMARTS) is 2. The number of carbonyl (C=O) groups is 2. The summed E-state index contributed by atoms with van der Waals surface area (Å²) in [7, 11) is 0. The van der Waals surface area contributed by atoms with Crippen LogP contribution >= 0.6 is 23.2 Å². The Kier molecular flexibility index (Phi) is 4.97. The molecular formula is C18H12Cl2N2O4. The van der Waals surface area contributed by atoms with Crippen molar-refractivity contribution in [2.75, 3.05) is 0 Å². The maximum absolute atomic E-state index is 11.6. The lowest BCUT2D eigenvalue weighted by Gasteiger charge is -2.11. The van der Waals surface area contributed by atoms with Gasteiger partial charge in [0.15, 0.2) is 5.69 Å². The van der Waals surface area contributed by atoms with Gasteiger partial charge in [0.05, 0.1) is 22.8 Å². The second-order valence-corrected chi connectivity index (χ2v) is 6.27. The zero-order valence-corrected chi connectivity index (χ0v) is 14.7. The first-order chi connectivity index (χ1) is 12.4. The van der Waals surface area contributed by atoms with Crippen LogP contribution in [0.5, 0.6) is 0 Å². The van der Waals surface area contributed by atoms with E-state index in [1.807, 2.05) is 0 Å². The molecule has 8 heteroatoms. The lowest BCUT2D eigenvalue weighted by Crippen LogP contribution is -2.07. The van der Waals surface area contributed by atoms with Gasteiger partial charge in [0, 0.05) is 16.1 Å². The highest BCUT2D eigenvalue weighted by Crippen LogP contribution is 2.33. The highest BCUT2D eigenvalue weighted by atomic mass is 35.5. The maximum Gasteiger partial charge on any atom is 0.356 e. The van der Waals surface area contributed by atoms with Crippen LogP contribution in [0.1, 0.15) is 16.1 Å². The fraction of sp³-hybridized carbons (Fsp3) is 0.0556. The summed E-state index contributed by atoms with van der Waals surface area (Å²) in [4.78, 5) is 23.0. The molecule has 3 aromatic rings. The molecule has 0 aliphatic rings. The number of hydrogen-bond donors (Lipinski definition) is 2. The number of hydrogen-bond acceptors (Lipinski definition) is 3. The minimum atomic E-state index is -1.32. The summed E-state index contributed by atoms with van der Waals surface area (Å²) in [5.41, 5.74) is 1.11. The van der Waals surface area contributed by atoms with E-state index in [2.05, 4.69) is 5.10 Å². The molecule has 0 saturated carbocycles. The summed E-state index contributed by atoms with van der Waals surface area (Å²) in [5.74, 6) is -2.48. The van der Waals surface area contributed by atoms with E-state index in [-0.39, 0.29) is 11.3 Å². The molecule has 0 unspecified atom stereocenters. The Morgan fingerprint density at radius 3 is 2.23 bits per heavy atom. The fourth-order valence-corrected chi connectivity index (χ4v) is 2.98. The average molecular weight is 391 g/mol. The third kappa shape index (κ3) is 3.42. The van der Waals surface area contributed by atoms with Gasteiger partial charge in [-0.15, -0.1) is 0 Å². The van der Waals surface area contributed by atoms with Crippen LogP contribution in [0.3, 0.4) is 0 Å². The predicted molar refractivity (Wildman–Crippen MR) is 97.3 cm³/mol. The van der Waals surface area contributed by atoms with Gasteiger partial charge in [-0.2, -0.15) is 5.10 Å². The third-order valence-electron chi connectivity index (χ3n) is 3.71. The van der Waals surface area contributed by atoms with Gasteiger partial charge in [0.1, 0.15) is 0 Å². The molecule has 0 fully saturated rings. The zero-order chi connectivity index (χ0) is 18.8. The Balaban J connectivity index is 2.36. The third-order valence-corrected chi connectivity index (χ3v) is 4.28. The van der Waals surface area contributed by atoms with Gasteiger partial charge in [0.25, 0.3) is 0 Å². The molecule has 2 aromatic carbocycles. The van der Waals surface area contributed by atoms with Crippen molar-refractivity contribution in [3.63, 3.8) is 0 Å². The van der Waals surface area contributed by atoms with Crippen LogP contribution in [0, 0.1) is 0 Å². The van der Waals surface area contributed by atoms with Crippen LogP contribution in [-0.4, -0.2) is 31.9 Å². The van der Waals surface area contributed by atoms with E-state index in [1.165, 1.54) is 4.68 Å². The van der Waals surface area contributed by atoms with E-state index in [0.717, 1.165) is 0 Å². The molecule has 132 valence electrons. The van der Waals surface area contributed by atoms with Gasteiger partial charge in [0.2, 0.25) is 0 Å². The van der Waals surface area contributed by atoms with E-state index in [9.17, 15) is 19.8 Å². The summed E-state index contributed by atoms with van der Waals surface area (Å²) in [6, 6.07) is 13.4. The highest BCUT2D eigenvalue weighted by molar-refractivity contribution is 6.32. The Bertz CT molecular complexity index is 997. The molecule has 1 aromatic heterocycles. The average Bonchev–Trinajstić information content (AvgIpc) is 2.94. The van der Waals surface area contributed by atoms with Gasteiger partial charge < -0.3 is 10.2 Å². The largest absolute Gasteiger partial charge is 0.481 e. The molecule has 0 amide bonds. The molecule has 0 bridgehead atoms. The Labute approximate surface area is 158 Å². The second-order valence-electron chi connectivity index (χ2n) is 5.42. The van der Waals surface area contributed by atoms with E-state index in [0.29, 0.717) is 27.0 Å². The number of para-hydroxylation sites is 1. The first-order valence-corrected chi connectivity index (χ1v) is 8.22. The molecule has 1 heterocycles. The van der Waals surface area contributed by atoms with E-state index < -0.39 is 18.4 Å². The monoisotopic (exact) mass is 390 g/mol. The first-order valence-electron chi connectivity index (χ1n) is 7.46. The molecule has 26 heavy (non-hydrogen) atoms. The van der Waals surface area contributed by atoms with Crippen LogP contribution in [-0.2, 0) is 11.2 Å². The molecule has 0 saturated heterocycles. The van der Waals surface area contributed by atoms with E-state index in [4.69, 9.17) is 23.2 Å². The van der Waals surface area contributed by atoms with Crippen molar-refractivity contribution in [2.24, 2.45) is 0 Å². The number of benzene rings is 2. The molecule has 3 rings (SSSR count). The lowest BCUT2D eigenvalue weighted by molar-refractivity contribution is -0.136. The van der Waals surface area contributed by atoms with Crippen molar-refractivity contribution in [3.05, 3.63) is 69.8 Å². The molecular weight excluding hydrogens is 379 g/mol. The van der Waals surface area contributed by atoms with Crippen molar-refractivity contribution >= 4 is 35.1 Å². The number of rotatable bonds is 5. The molecule has 6 nitrogen and oxygen atoms in total. The number of aromatic carboxylic acids is 1. The van der Waals surface area contributed by atoms with Gasteiger partial charge in [-0.1, -0.05) is 47.5 Å². The predicted octanol–water partition coefficient (Wildman–Crippen LogP) is 4.17. The Morgan fingerprint density at radius 2 is 1.65 bits per heavy atom. The number of carboxylic acids is 2. The number of aliphatic carboxylic acids is 1. The van der Waals surface area contributed by atoms with Crippen molar-refractivity contribution in [2.45, 2.75) is 6.42 Å². The summed E-state index contributed by atoms with van der Waals surface area (Å²) in [6.07, 6.45) is -0.496. The van der Waals surface area contributed by atoms with Crippen LogP contribution in [0.2, 0.25) is 10.0 Å². The zero-order valence-electron chi connectivity index (χ0n) is 13.2. The van der Waals surface area contributed by atoms with Crippen LogP contribution in [0.4, 0.5) is 0 Å². The van der Waals surface area contributed by atoms with E-state index >= 15 is 0 Å². The quantitative estimate of drug-likeness (QED) is 0.681. The van der Waals surface area contributed by atoms with Crippen LogP contribution < -0.4 is 0 Å². The summed E-state index contributed by atoms with van der Waals surface area (Å²) < 4.78 is 1.35. The van der Waals surface area contributed by atoms with Gasteiger partial charge >= 0.3 is 11.9 Å². The van der Waals surface area contributed by atoms with Gasteiger partial charge in [-0.25, -0.2) is 9.48 Å². The van der Waals surface area contributed by atoms with Crippen molar-refractivity contribution in [1.29, 1.82) is 0 Å². The second kappa shape index (κ2) is 7.19. The SMILES string of the molecule is O=C(O)Cc1c(C(=O)O)nn(-c2ccccc2Cl)c1-c1ccc(Cl)cc1. The number of halogens is 2. The number of aromatic nitrogens is 2. The molecule has 0 aliphatic heterocycles. The van der Waals surface area contributed by atoms with Crippen LogP contribution in [0.15, 0.2) is 48.5 Å². The molecule has 2 N–H and O–H groups in total. The van der Waals surface area contributed by atoms with Crippen LogP contribution in [0.25, 0.3) is 16.9 Å². The number of nitrogens with zero attached hydrogens (tertiary/aromatic N) is 2. The topological polar surface area (TPSA) is 92.4 Å². The molecule has 0 radical (unpaired) electrons. The molecule has 0 aliphatic carbocycles. The smallest absolute Gasteiger partial charge is 0.356 e. The standard InChI is InChI=1S/C18H12Cl2N2O4/c19-11-7-5-10(6-8-11)17-12(9-15(23)24)16(18(25)26)21-22(17)14-4-2-1-3-13(14)20/h1-8H,9H2,(H,23,24)(H,25,26). The summed E-state index contributed by atoms with van der Waals surface area (Å²) in [5, 5.41) is 23.7. The minimum absolute atomic E-state index is 0.0900. The van der Waals surface area contributed by atoms with Gasteiger partial charge in [-0.05, 0) is 24.3 Å². The molecule has 0 atom stereocenters. The lowest BCUT2D eigenvalue weighted by atomic mass is 10.0. The van der Waals surface area contributed by atoms with Crippen molar-refractivity contribution in [3.8, 4) is 16.9 Å². The molecule has 0 spiro atoms. The normalized spacial score (nSPS) is 10.7. The Hall–Kier alpha value is -2.83. The van der Waals surface area contributed by atoms with Crippen molar-refractivity contribution < 1.29 is 19.8 Å². The highest BCUT2D eigenvalue weighted by Gasteiger charge is 2.26. The Morgan fingerprint density at radius 1 is 1.00 bits per heavy atom.